The molecule has 0 spiro atoms. The van der Waals surface area contributed by atoms with Crippen LogP contribution in [0.5, 0.6) is 0 Å². The summed E-state index contributed by atoms with van der Waals surface area (Å²) in [5.41, 5.74) is 1.97. The first kappa shape index (κ1) is 11.0. The van der Waals surface area contributed by atoms with Crippen LogP contribution < -0.4 is 11.5 Å². The molecule has 2 aromatic rings. The molecule has 1 aliphatic rings. The van der Waals surface area contributed by atoms with Gasteiger partial charge < -0.3 is 15.9 Å². The van der Waals surface area contributed by atoms with Crippen molar-refractivity contribution in [2.24, 2.45) is 16.2 Å². The van der Waals surface area contributed by atoms with E-state index in [4.69, 9.17) is 5.84 Å². The van der Waals surface area contributed by atoms with Crippen LogP contribution in [0.1, 0.15) is 18.1 Å². The van der Waals surface area contributed by atoms with Crippen molar-refractivity contribution >= 4 is 11.0 Å². The summed E-state index contributed by atoms with van der Waals surface area (Å²) in [7, 11) is 0. The molecular formula is C11H13N5O2. The molecule has 7 nitrogen and oxygen atoms in total. The van der Waals surface area contributed by atoms with E-state index in [1.54, 1.807) is 16.7 Å². The lowest BCUT2D eigenvalue weighted by Gasteiger charge is -2.15. The van der Waals surface area contributed by atoms with E-state index >= 15 is 0 Å². The number of para-hydroxylation sites is 1. The number of aliphatic hydroxyl groups excluding tert-OH is 1. The third-order valence-corrected chi connectivity index (χ3v) is 3.37. The van der Waals surface area contributed by atoms with Gasteiger partial charge in [0.2, 0.25) is 0 Å². The van der Waals surface area contributed by atoms with Crippen molar-refractivity contribution in [1.29, 1.82) is 0 Å². The molecule has 4 N–H and O–H groups in total. The first-order chi connectivity index (χ1) is 8.72. The molecule has 0 saturated heterocycles. The third-order valence-electron chi connectivity index (χ3n) is 3.37. The molecule has 2 heterocycles. The predicted octanol–water partition coefficient (Wildman–Crippen LogP) is 0.461. The predicted molar refractivity (Wildman–Crippen MR) is 65.0 cm³/mol. The van der Waals surface area contributed by atoms with E-state index in [1.165, 1.54) is 0 Å². The monoisotopic (exact) mass is 247 g/mol. The first-order valence-corrected chi connectivity index (χ1v) is 5.72. The van der Waals surface area contributed by atoms with Crippen LogP contribution in [-0.4, -0.2) is 20.7 Å². The number of nitrogens with zero attached hydrogens (tertiary/aromatic N) is 3. The van der Waals surface area contributed by atoms with Crippen LogP contribution in [0.25, 0.3) is 11.0 Å². The Morgan fingerprint density at radius 1 is 1.50 bits per heavy atom. The summed E-state index contributed by atoms with van der Waals surface area (Å²) >= 11 is 0. The summed E-state index contributed by atoms with van der Waals surface area (Å²) < 4.78 is 1.62. The minimum absolute atomic E-state index is 0.171. The Balaban J connectivity index is 2.27. The summed E-state index contributed by atoms with van der Waals surface area (Å²) in [5.74, 6) is 5.05. The molecule has 7 heteroatoms. The number of benzene rings is 1. The second-order valence-electron chi connectivity index (χ2n) is 4.36. The first-order valence-electron chi connectivity index (χ1n) is 5.72. The Hall–Kier alpha value is -2.15. The molecule has 0 aliphatic carbocycles. The standard InChI is InChI=1S/C11H13N5O2/c12-15-14-8-4-5-16-9-6(10(8)17)2-1-3-7(9)13-11(16)18/h1-3,8,10,17H,4-5H2,(H2,12,14)(H,13,18). The van der Waals surface area contributed by atoms with Gasteiger partial charge in [0.15, 0.2) is 0 Å². The molecule has 1 aliphatic heterocycles. The number of H-pyrrole nitrogens is 1. The summed E-state index contributed by atoms with van der Waals surface area (Å²) in [6, 6.07) is 4.98. The lowest BCUT2D eigenvalue weighted by Crippen LogP contribution is -2.19. The molecule has 94 valence electrons. The summed E-state index contributed by atoms with van der Waals surface area (Å²) in [5, 5.41) is 17.4. The molecule has 0 amide bonds. The minimum atomic E-state index is -0.801. The average molecular weight is 247 g/mol. The maximum atomic E-state index is 11.8. The molecule has 0 radical (unpaired) electrons. The highest BCUT2D eigenvalue weighted by atomic mass is 16.3. The minimum Gasteiger partial charge on any atom is -0.386 e. The van der Waals surface area contributed by atoms with Crippen LogP contribution in [0, 0.1) is 0 Å². The highest BCUT2D eigenvalue weighted by Crippen LogP contribution is 2.31. The van der Waals surface area contributed by atoms with Crippen LogP contribution >= 0.6 is 0 Å². The van der Waals surface area contributed by atoms with Crippen molar-refractivity contribution in [3.8, 4) is 0 Å². The van der Waals surface area contributed by atoms with Gasteiger partial charge in [-0.25, -0.2) is 4.79 Å². The Morgan fingerprint density at radius 2 is 2.33 bits per heavy atom. The smallest absolute Gasteiger partial charge is 0.326 e. The summed E-state index contributed by atoms with van der Waals surface area (Å²) in [4.78, 5) is 14.6. The highest BCUT2D eigenvalue weighted by Gasteiger charge is 2.28. The highest BCUT2D eigenvalue weighted by molar-refractivity contribution is 5.79. The third kappa shape index (κ3) is 1.44. The van der Waals surface area contributed by atoms with Gasteiger partial charge in [-0.1, -0.05) is 17.4 Å². The van der Waals surface area contributed by atoms with Gasteiger partial charge in [-0.15, -0.1) is 0 Å². The van der Waals surface area contributed by atoms with Crippen molar-refractivity contribution in [3.05, 3.63) is 34.2 Å². The molecule has 1 aromatic carbocycles. The molecular weight excluding hydrogens is 234 g/mol. The fourth-order valence-corrected chi connectivity index (χ4v) is 2.53. The number of hydrogen-bond donors (Lipinski definition) is 3. The average Bonchev–Trinajstić information content (AvgIpc) is 2.61. The van der Waals surface area contributed by atoms with Crippen molar-refractivity contribution < 1.29 is 5.11 Å². The zero-order chi connectivity index (χ0) is 12.7. The summed E-state index contributed by atoms with van der Waals surface area (Å²) in [6.45, 7) is 0.483. The van der Waals surface area contributed by atoms with Crippen LogP contribution in [0.15, 0.2) is 33.3 Å². The van der Waals surface area contributed by atoms with Crippen LogP contribution in [-0.2, 0) is 6.54 Å². The number of aromatic amines is 1. The van der Waals surface area contributed by atoms with E-state index in [2.05, 4.69) is 15.3 Å². The number of imidazole rings is 1. The molecule has 2 unspecified atom stereocenters. The largest absolute Gasteiger partial charge is 0.386 e. The fourth-order valence-electron chi connectivity index (χ4n) is 2.53. The van der Waals surface area contributed by atoms with E-state index in [0.29, 0.717) is 18.5 Å². The van der Waals surface area contributed by atoms with Crippen LogP contribution in [0.3, 0.4) is 0 Å². The Kier molecular flexibility index (Phi) is 2.41. The van der Waals surface area contributed by atoms with E-state index in [9.17, 15) is 9.90 Å². The van der Waals surface area contributed by atoms with Gasteiger partial charge >= 0.3 is 5.69 Å². The SMILES string of the molecule is NN=NC1CCn2c(=O)[nH]c3cccc(c32)C1O. The van der Waals surface area contributed by atoms with Gasteiger partial charge in [0, 0.05) is 12.1 Å². The number of rotatable bonds is 1. The van der Waals surface area contributed by atoms with Crippen molar-refractivity contribution in [2.75, 3.05) is 0 Å². The lowest BCUT2D eigenvalue weighted by atomic mass is 10.0. The number of aryl methyl sites for hydroxylation is 1. The van der Waals surface area contributed by atoms with Crippen molar-refractivity contribution in [1.82, 2.24) is 9.55 Å². The normalized spacial score (nSPS) is 23.6. The number of aromatic nitrogens is 2. The van der Waals surface area contributed by atoms with Gasteiger partial charge in [-0.05, 0) is 12.5 Å². The van der Waals surface area contributed by atoms with Crippen LogP contribution in [0.2, 0.25) is 0 Å². The topological polar surface area (TPSA) is 109 Å². The number of aliphatic hydroxyl groups is 1. The van der Waals surface area contributed by atoms with Gasteiger partial charge in [-0.3, -0.25) is 4.57 Å². The number of nitrogens with one attached hydrogen (secondary N) is 1. The van der Waals surface area contributed by atoms with E-state index in [-0.39, 0.29) is 5.69 Å². The zero-order valence-electron chi connectivity index (χ0n) is 9.58. The molecule has 0 bridgehead atoms. The second-order valence-corrected chi connectivity index (χ2v) is 4.36. The lowest BCUT2D eigenvalue weighted by molar-refractivity contribution is 0.142. The molecule has 1 aromatic heterocycles. The second kappa shape index (κ2) is 3.95. The Labute approximate surface area is 102 Å². The fraction of sp³-hybridized carbons (Fsp3) is 0.364. The number of nitrogens with two attached hydrogens (primary N) is 1. The van der Waals surface area contributed by atoms with Gasteiger partial charge in [0.1, 0.15) is 12.1 Å². The van der Waals surface area contributed by atoms with Crippen LogP contribution in [0.4, 0.5) is 0 Å². The molecule has 0 saturated carbocycles. The quantitative estimate of drug-likeness (QED) is 0.387. The van der Waals surface area contributed by atoms with Crippen molar-refractivity contribution in [3.63, 3.8) is 0 Å². The summed E-state index contributed by atoms with van der Waals surface area (Å²) in [6.07, 6.45) is -0.284. The Bertz CT molecular complexity index is 672. The van der Waals surface area contributed by atoms with Gasteiger partial charge in [-0.2, -0.15) is 5.11 Å². The molecule has 0 fully saturated rings. The molecule has 2 atom stereocenters. The Morgan fingerprint density at radius 3 is 3.11 bits per heavy atom. The number of hydrogen-bond acceptors (Lipinski definition) is 4. The van der Waals surface area contributed by atoms with E-state index in [1.807, 2.05) is 6.07 Å². The van der Waals surface area contributed by atoms with Gasteiger partial charge in [0.05, 0.1) is 11.0 Å². The maximum Gasteiger partial charge on any atom is 0.326 e. The van der Waals surface area contributed by atoms with Gasteiger partial charge in [0.25, 0.3) is 0 Å². The zero-order valence-corrected chi connectivity index (χ0v) is 9.58. The maximum absolute atomic E-state index is 11.8. The molecule has 3 rings (SSSR count). The molecule has 18 heavy (non-hydrogen) atoms. The van der Waals surface area contributed by atoms with E-state index < -0.39 is 12.1 Å². The van der Waals surface area contributed by atoms with E-state index in [0.717, 1.165) is 11.0 Å². The van der Waals surface area contributed by atoms with Crippen molar-refractivity contribution in [2.45, 2.75) is 25.1 Å².